The molecule has 216 valence electrons. The fourth-order valence-electron chi connectivity index (χ4n) is 4.75. The maximum atomic E-state index is 13.8. The van der Waals surface area contributed by atoms with Crippen molar-refractivity contribution in [3.05, 3.63) is 107 Å². The van der Waals surface area contributed by atoms with Crippen LogP contribution in [0.1, 0.15) is 28.2 Å². The third kappa shape index (κ3) is 7.20. The molecule has 12 heteroatoms. The van der Waals surface area contributed by atoms with Gasteiger partial charge in [0.1, 0.15) is 25.0 Å². The number of carbonyl (C=O) groups is 3. The van der Waals surface area contributed by atoms with Gasteiger partial charge in [-0.05, 0) is 41.0 Å². The van der Waals surface area contributed by atoms with Crippen molar-refractivity contribution < 1.29 is 46.9 Å². The van der Waals surface area contributed by atoms with Gasteiger partial charge in [-0.15, -0.1) is 0 Å². The number of carboxylic acids is 1. The molecule has 3 atom stereocenters. The van der Waals surface area contributed by atoms with E-state index in [-0.39, 0.29) is 18.7 Å². The highest BCUT2D eigenvalue weighted by molar-refractivity contribution is 5.89. The van der Waals surface area contributed by atoms with E-state index in [1.165, 1.54) is 18.2 Å². The number of aliphatic hydroxyl groups excluding tert-OH is 1. The molecule has 1 aliphatic rings. The summed E-state index contributed by atoms with van der Waals surface area (Å²) < 4.78 is 58.7. The Morgan fingerprint density at radius 1 is 0.951 bits per heavy atom. The molecule has 41 heavy (non-hydrogen) atoms. The third-order valence-electron chi connectivity index (χ3n) is 6.72. The van der Waals surface area contributed by atoms with Gasteiger partial charge in [0.15, 0.2) is 0 Å². The Kier molecular flexibility index (Phi) is 8.92. The smallest absolute Gasteiger partial charge is 0.416 e. The highest BCUT2D eigenvalue weighted by atomic mass is 19.4. The van der Waals surface area contributed by atoms with Gasteiger partial charge in [-0.2, -0.15) is 13.2 Å². The highest BCUT2D eigenvalue weighted by Gasteiger charge is 2.50. The molecule has 1 fully saturated rings. The molecular formula is C29H26F4N2O6. The maximum absolute atomic E-state index is 13.8. The van der Waals surface area contributed by atoms with Crippen LogP contribution in [0.2, 0.25) is 0 Å². The summed E-state index contributed by atoms with van der Waals surface area (Å²) in [5, 5.41) is 20.7. The molecule has 0 aromatic heterocycles. The summed E-state index contributed by atoms with van der Waals surface area (Å²) in [5.41, 5.74) is 0.0737. The summed E-state index contributed by atoms with van der Waals surface area (Å²) >= 11 is 0. The van der Waals surface area contributed by atoms with Crippen LogP contribution in [0.3, 0.4) is 0 Å². The number of benzene rings is 3. The van der Waals surface area contributed by atoms with Gasteiger partial charge < -0.3 is 19.8 Å². The molecule has 0 saturated carbocycles. The van der Waals surface area contributed by atoms with Crippen molar-refractivity contribution >= 4 is 18.0 Å². The molecule has 0 unspecified atom stereocenters. The van der Waals surface area contributed by atoms with Crippen molar-refractivity contribution in [2.45, 2.75) is 37.4 Å². The number of amides is 2. The zero-order valence-electron chi connectivity index (χ0n) is 21.5. The van der Waals surface area contributed by atoms with E-state index in [0.717, 1.165) is 40.1 Å². The van der Waals surface area contributed by atoms with Gasteiger partial charge in [0, 0.05) is 19.0 Å². The van der Waals surface area contributed by atoms with E-state index in [2.05, 4.69) is 0 Å². The Morgan fingerprint density at radius 2 is 1.61 bits per heavy atom. The molecule has 0 spiro atoms. The van der Waals surface area contributed by atoms with Gasteiger partial charge in [-0.1, -0.05) is 54.6 Å². The lowest BCUT2D eigenvalue weighted by atomic mass is 9.93. The van der Waals surface area contributed by atoms with Gasteiger partial charge in [-0.25, -0.2) is 9.18 Å². The van der Waals surface area contributed by atoms with E-state index >= 15 is 0 Å². The lowest BCUT2D eigenvalue weighted by molar-refractivity contribution is -0.148. The molecule has 4 rings (SSSR count). The fraction of sp³-hybridized carbons (Fsp3) is 0.276. The fourth-order valence-corrected chi connectivity index (χ4v) is 4.75. The number of carboxylic acid groups (broad SMARTS) is 1. The molecular weight excluding hydrogens is 548 g/mol. The van der Waals surface area contributed by atoms with Gasteiger partial charge >= 0.3 is 18.2 Å². The number of carbonyl (C=O) groups excluding carboxylic acids is 2. The second kappa shape index (κ2) is 12.4. The number of ether oxygens (including phenoxy) is 1. The molecule has 2 amide bonds. The molecule has 2 N–H and O–H groups in total. The van der Waals surface area contributed by atoms with Crippen LogP contribution < -0.4 is 0 Å². The van der Waals surface area contributed by atoms with Gasteiger partial charge in [-0.3, -0.25) is 14.5 Å². The first-order chi connectivity index (χ1) is 19.4. The van der Waals surface area contributed by atoms with Gasteiger partial charge in [0.05, 0.1) is 11.7 Å². The standard InChI is InChI=1S/C29H26F4N2O6/c30-22-11-9-20(10-12-22)23-15-35(28(40)41-17-18-5-2-1-3-6-18)25(26(23)38)27(39)34(16-24(36)37)14-19-7-4-8-21(13-19)29(31,32)33/h1-13,23,25-26,38H,14-17H2,(H,36,37)/t23-,25+,26-/m0/s1. The zero-order chi connectivity index (χ0) is 29.7. The Labute approximate surface area is 232 Å². The largest absolute Gasteiger partial charge is 0.480 e. The first kappa shape index (κ1) is 29.5. The van der Waals surface area contributed by atoms with E-state index in [4.69, 9.17) is 4.74 Å². The quantitative estimate of drug-likeness (QED) is 0.386. The summed E-state index contributed by atoms with van der Waals surface area (Å²) in [6.45, 7) is -1.82. The first-order valence-corrected chi connectivity index (χ1v) is 12.5. The maximum Gasteiger partial charge on any atom is 0.416 e. The lowest BCUT2D eigenvalue weighted by Crippen LogP contribution is -2.52. The number of rotatable bonds is 8. The summed E-state index contributed by atoms with van der Waals surface area (Å²) in [7, 11) is 0. The minimum atomic E-state index is -4.67. The van der Waals surface area contributed by atoms with Crippen LogP contribution in [-0.2, 0) is 33.7 Å². The zero-order valence-corrected chi connectivity index (χ0v) is 21.5. The third-order valence-corrected chi connectivity index (χ3v) is 6.72. The number of hydrogen-bond acceptors (Lipinski definition) is 5. The van der Waals surface area contributed by atoms with Crippen LogP contribution in [0.5, 0.6) is 0 Å². The summed E-state index contributed by atoms with van der Waals surface area (Å²) in [5.74, 6) is -3.86. The van der Waals surface area contributed by atoms with E-state index in [0.29, 0.717) is 11.1 Å². The lowest BCUT2D eigenvalue weighted by Gasteiger charge is -2.30. The number of aliphatic hydroxyl groups is 1. The number of hydrogen-bond donors (Lipinski definition) is 2. The molecule has 0 aliphatic carbocycles. The predicted molar refractivity (Wildman–Crippen MR) is 137 cm³/mol. The van der Waals surface area contributed by atoms with Crippen molar-refractivity contribution in [2.24, 2.45) is 0 Å². The average Bonchev–Trinajstić information content (AvgIpc) is 3.28. The second-order valence-corrected chi connectivity index (χ2v) is 9.57. The number of halogens is 4. The predicted octanol–water partition coefficient (Wildman–Crippen LogP) is 4.42. The summed E-state index contributed by atoms with van der Waals surface area (Å²) in [4.78, 5) is 40.3. The van der Waals surface area contributed by atoms with Crippen molar-refractivity contribution in [1.82, 2.24) is 9.80 Å². The van der Waals surface area contributed by atoms with Crippen LogP contribution in [0.4, 0.5) is 22.4 Å². The number of nitrogens with zero attached hydrogens (tertiary/aromatic N) is 2. The number of likely N-dealkylation sites (tertiary alicyclic amines) is 1. The average molecular weight is 575 g/mol. The molecule has 0 radical (unpaired) electrons. The minimum Gasteiger partial charge on any atom is -0.480 e. The molecule has 3 aromatic carbocycles. The number of aliphatic carboxylic acids is 1. The van der Waals surface area contributed by atoms with Crippen molar-refractivity contribution in [3.63, 3.8) is 0 Å². The summed E-state index contributed by atoms with van der Waals surface area (Å²) in [6, 6.07) is 16.2. The minimum absolute atomic E-state index is 0.00444. The van der Waals surface area contributed by atoms with Crippen molar-refractivity contribution in [1.29, 1.82) is 0 Å². The number of alkyl halides is 3. The SMILES string of the molecule is O=C(O)CN(Cc1cccc(C(F)(F)F)c1)C(=O)[C@H]1[C@@H](O)[C@H](c2ccc(F)cc2)CN1C(=O)OCc1ccccc1. The molecule has 8 nitrogen and oxygen atoms in total. The molecule has 1 aliphatic heterocycles. The normalized spacial score (nSPS) is 18.7. The van der Waals surface area contributed by atoms with Crippen LogP contribution in [0.25, 0.3) is 0 Å². The molecule has 1 saturated heterocycles. The Bertz CT molecular complexity index is 1380. The van der Waals surface area contributed by atoms with Crippen LogP contribution in [-0.4, -0.2) is 63.2 Å². The highest BCUT2D eigenvalue weighted by Crippen LogP contribution is 2.35. The van der Waals surface area contributed by atoms with Crippen LogP contribution >= 0.6 is 0 Å². The molecule has 3 aromatic rings. The van der Waals surface area contributed by atoms with Crippen LogP contribution in [0.15, 0.2) is 78.9 Å². The van der Waals surface area contributed by atoms with Crippen molar-refractivity contribution in [2.75, 3.05) is 13.1 Å². The summed E-state index contributed by atoms with van der Waals surface area (Å²) in [6.07, 6.45) is -7.19. The van der Waals surface area contributed by atoms with Gasteiger partial charge in [0.2, 0.25) is 5.91 Å². The first-order valence-electron chi connectivity index (χ1n) is 12.5. The van der Waals surface area contributed by atoms with Crippen molar-refractivity contribution in [3.8, 4) is 0 Å². The Morgan fingerprint density at radius 3 is 2.24 bits per heavy atom. The topological polar surface area (TPSA) is 107 Å². The Hall–Kier alpha value is -4.45. The van der Waals surface area contributed by atoms with Gasteiger partial charge in [0.25, 0.3) is 0 Å². The second-order valence-electron chi connectivity index (χ2n) is 9.57. The Balaban J connectivity index is 1.64. The monoisotopic (exact) mass is 574 g/mol. The van der Waals surface area contributed by atoms with E-state index < -0.39 is 66.7 Å². The van der Waals surface area contributed by atoms with E-state index in [1.807, 2.05) is 0 Å². The van der Waals surface area contributed by atoms with Crippen LogP contribution in [0, 0.1) is 5.82 Å². The van der Waals surface area contributed by atoms with E-state index in [1.54, 1.807) is 30.3 Å². The van der Waals surface area contributed by atoms with E-state index in [9.17, 15) is 42.2 Å². The molecule has 0 bridgehead atoms. The molecule has 1 heterocycles.